The van der Waals surface area contributed by atoms with Gasteiger partial charge in [-0.05, 0) is 13.8 Å². The van der Waals surface area contributed by atoms with E-state index in [0.717, 1.165) is 0 Å². The Bertz CT molecular complexity index is 297. The maximum Gasteiger partial charge on any atom is 0.406 e. The second kappa shape index (κ2) is 5.53. The standard InChI is InChI=1S/C9H12F3NO3/c1-6(2)13(5-9(10,11)12)7(14)3-4-8(15)16/h3-4,6H,5H2,1-2H3,(H,15,16). The monoisotopic (exact) mass is 239 g/mol. The summed E-state index contributed by atoms with van der Waals surface area (Å²) in [6.45, 7) is 1.43. The van der Waals surface area contributed by atoms with Crippen LogP contribution in [0.3, 0.4) is 0 Å². The lowest BCUT2D eigenvalue weighted by Crippen LogP contribution is -2.42. The first-order chi connectivity index (χ1) is 7.13. The van der Waals surface area contributed by atoms with Gasteiger partial charge < -0.3 is 10.0 Å². The average Bonchev–Trinajstić information content (AvgIpc) is 2.08. The van der Waals surface area contributed by atoms with Gasteiger partial charge in [-0.1, -0.05) is 0 Å². The van der Waals surface area contributed by atoms with Gasteiger partial charge in [-0.25, -0.2) is 4.79 Å². The van der Waals surface area contributed by atoms with E-state index >= 15 is 0 Å². The van der Waals surface area contributed by atoms with Gasteiger partial charge in [-0.15, -0.1) is 0 Å². The van der Waals surface area contributed by atoms with Crippen LogP contribution in [0.2, 0.25) is 0 Å². The van der Waals surface area contributed by atoms with E-state index < -0.39 is 30.6 Å². The van der Waals surface area contributed by atoms with E-state index in [1.165, 1.54) is 13.8 Å². The lowest BCUT2D eigenvalue weighted by molar-refractivity contribution is -0.161. The number of carboxylic acids is 1. The predicted molar refractivity (Wildman–Crippen MR) is 49.7 cm³/mol. The summed E-state index contributed by atoms with van der Waals surface area (Å²) in [5.41, 5.74) is 0. The molecule has 1 N–H and O–H groups in total. The number of nitrogens with zero attached hydrogens (tertiary/aromatic N) is 1. The number of carboxylic acid groups (broad SMARTS) is 1. The SMILES string of the molecule is CC(C)N(CC(F)(F)F)C(=O)C=CC(=O)O. The van der Waals surface area contributed by atoms with Gasteiger partial charge in [0, 0.05) is 18.2 Å². The van der Waals surface area contributed by atoms with E-state index in [1.807, 2.05) is 0 Å². The molecule has 0 fully saturated rings. The third-order valence-electron chi connectivity index (χ3n) is 1.62. The molecule has 0 atom stereocenters. The minimum Gasteiger partial charge on any atom is -0.478 e. The van der Waals surface area contributed by atoms with E-state index in [9.17, 15) is 22.8 Å². The molecule has 16 heavy (non-hydrogen) atoms. The molecule has 0 aliphatic heterocycles. The van der Waals surface area contributed by atoms with Crippen molar-refractivity contribution in [2.75, 3.05) is 6.54 Å². The molecule has 0 aromatic heterocycles. The predicted octanol–water partition coefficient (Wildman–Crippen LogP) is 1.43. The summed E-state index contributed by atoms with van der Waals surface area (Å²) in [7, 11) is 0. The van der Waals surface area contributed by atoms with Crippen molar-refractivity contribution in [3.05, 3.63) is 12.2 Å². The van der Waals surface area contributed by atoms with Crippen molar-refractivity contribution in [1.82, 2.24) is 4.90 Å². The van der Waals surface area contributed by atoms with Crippen LogP contribution in [0, 0.1) is 0 Å². The number of amides is 1. The fourth-order valence-electron chi connectivity index (χ4n) is 0.946. The summed E-state index contributed by atoms with van der Waals surface area (Å²) in [6, 6.07) is -0.660. The summed E-state index contributed by atoms with van der Waals surface area (Å²) in [5.74, 6) is -2.36. The molecule has 0 rings (SSSR count). The van der Waals surface area contributed by atoms with Crippen molar-refractivity contribution in [3.63, 3.8) is 0 Å². The minimum atomic E-state index is -4.50. The lowest BCUT2D eigenvalue weighted by Gasteiger charge is -2.26. The molecule has 0 aromatic rings. The third kappa shape index (κ3) is 6.05. The average molecular weight is 239 g/mol. The summed E-state index contributed by atoms with van der Waals surface area (Å²) >= 11 is 0. The Morgan fingerprint density at radius 2 is 1.81 bits per heavy atom. The molecule has 0 aliphatic rings. The van der Waals surface area contributed by atoms with E-state index in [-0.39, 0.29) is 0 Å². The number of hydrogen-bond acceptors (Lipinski definition) is 2. The van der Waals surface area contributed by atoms with Crippen molar-refractivity contribution in [2.24, 2.45) is 0 Å². The van der Waals surface area contributed by atoms with Crippen LogP contribution in [0.25, 0.3) is 0 Å². The van der Waals surface area contributed by atoms with Crippen LogP contribution in [0.5, 0.6) is 0 Å². The Kier molecular flexibility index (Phi) is 5.00. The highest BCUT2D eigenvalue weighted by Crippen LogP contribution is 2.18. The fraction of sp³-hybridized carbons (Fsp3) is 0.556. The highest BCUT2D eigenvalue weighted by atomic mass is 19.4. The lowest BCUT2D eigenvalue weighted by atomic mass is 10.3. The van der Waals surface area contributed by atoms with Crippen molar-refractivity contribution in [2.45, 2.75) is 26.1 Å². The molecule has 1 amide bonds. The van der Waals surface area contributed by atoms with Crippen molar-refractivity contribution in [1.29, 1.82) is 0 Å². The molecule has 0 unspecified atom stereocenters. The van der Waals surface area contributed by atoms with Gasteiger partial charge in [0.15, 0.2) is 0 Å². The Labute approximate surface area is 90.3 Å². The second-order valence-electron chi connectivity index (χ2n) is 3.35. The first-order valence-electron chi connectivity index (χ1n) is 4.42. The molecule has 7 heteroatoms. The van der Waals surface area contributed by atoms with Gasteiger partial charge in [0.2, 0.25) is 5.91 Å². The highest BCUT2D eigenvalue weighted by Gasteiger charge is 2.33. The van der Waals surface area contributed by atoms with Crippen molar-refractivity contribution < 1.29 is 27.9 Å². The van der Waals surface area contributed by atoms with Crippen LogP contribution >= 0.6 is 0 Å². The molecule has 0 saturated heterocycles. The van der Waals surface area contributed by atoms with Gasteiger partial charge in [0.25, 0.3) is 0 Å². The fourth-order valence-corrected chi connectivity index (χ4v) is 0.946. The molecule has 0 radical (unpaired) electrons. The minimum absolute atomic E-state index is 0.508. The molecule has 0 bridgehead atoms. The van der Waals surface area contributed by atoms with E-state index in [4.69, 9.17) is 5.11 Å². The molecule has 0 aliphatic carbocycles. The first-order valence-corrected chi connectivity index (χ1v) is 4.42. The van der Waals surface area contributed by atoms with Gasteiger partial charge in [-0.2, -0.15) is 13.2 Å². The molecule has 4 nitrogen and oxygen atoms in total. The number of alkyl halides is 3. The van der Waals surface area contributed by atoms with Crippen molar-refractivity contribution in [3.8, 4) is 0 Å². The maximum atomic E-state index is 12.1. The third-order valence-corrected chi connectivity index (χ3v) is 1.62. The first kappa shape index (κ1) is 14.5. The molecular formula is C9H12F3NO3. The van der Waals surface area contributed by atoms with Crippen molar-refractivity contribution >= 4 is 11.9 Å². The summed E-state index contributed by atoms with van der Waals surface area (Å²) in [4.78, 5) is 21.9. The van der Waals surface area contributed by atoms with Crippen LogP contribution in [0.1, 0.15) is 13.8 Å². The summed E-state index contributed by atoms with van der Waals surface area (Å²) < 4.78 is 36.3. The van der Waals surface area contributed by atoms with E-state index in [0.29, 0.717) is 17.1 Å². The van der Waals surface area contributed by atoms with Crippen LogP contribution in [-0.2, 0) is 9.59 Å². The van der Waals surface area contributed by atoms with Crippen LogP contribution in [0.15, 0.2) is 12.2 Å². The number of hydrogen-bond donors (Lipinski definition) is 1. The van der Waals surface area contributed by atoms with E-state index in [1.54, 1.807) is 0 Å². The Morgan fingerprint density at radius 3 is 2.12 bits per heavy atom. The molecule has 0 spiro atoms. The number of halogens is 3. The molecular weight excluding hydrogens is 227 g/mol. The number of rotatable bonds is 4. The molecule has 92 valence electrons. The zero-order valence-electron chi connectivity index (χ0n) is 8.78. The molecule has 0 aromatic carbocycles. The molecule has 0 heterocycles. The van der Waals surface area contributed by atoms with Crippen LogP contribution < -0.4 is 0 Å². The van der Waals surface area contributed by atoms with Gasteiger partial charge in [0.05, 0.1) is 0 Å². The van der Waals surface area contributed by atoms with Crippen LogP contribution in [-0.4, -0.2) is 40.6 Å². The normalized spacial score (nSPS) is 12.1. The number of carbonyl (C=O) groups excluding carboxylic acids is 1. The Hall–Kier alpha value is -1.53. The quantitative estimate of drug-likeness (QED) is 0.755. The van der Waals surface area contributed by atoms with Crippen LogP contribution in [0.4, 0.5) is 13.2 Å². The van der Waals surface area contributed by atoms with Gasteiger partial charge in [0.1, 0.15) is 6.54 Å². The topological polar surface area (TPSA) is 57.6 Å². The van der Waals surface area contributed by atoms with Gasteiger partial charge in [-0.3, -0.25) is 4.79 Å². The number of carbonyl (C=O) groups is 2. The molecule has 0 saturated carbocycles. The summed E-state index contributed by atoms with van der Waals surface area (Å²) in [5, 5.41) is 8.24. The largest absolute Gasteiger partial charge is 0.478 e. The second-order valence-corrected chi connectivity index (χ2v) is 3.35. The number of aliphatic carboxylic acids is 1. The van der Waals surface area contributed by atoms with Gasteiger partial charge >= 0.3 is 12.1 Å². The Balaban J connectivity index is 4.67. The maximum absolute atomic E-state index is 12.1. The Morgan fingerprint density at radius 1 is 1.31 bits per heavy atom. The highest BCUT2D eigenvalue weighted by molar-refractivity contribution is 5.94. The zero-order chi connectivity index (χ0) is 12.9. The zero-order valence-corrected chi connectivity index (χ0v) is 8.78. The van der Waals surface area contributed by atoms with E-state index in [2.05, 4.69) is 0 Å². The summed E-state index contributed by atoms with van der Waals surface area (Å²) in [6.07, 6.45) is -3.39. The smallest absolute Gasteiger partial charge is 0.406 e.